The van der Waals surface area contributed by atoms with E-state index >= 15 is 0 Å². The number of rotatable bonds is 11. The molecule has 0 N–H and O–H groups in total. The molecule has 0 heterocycles. The Balaban J connectivity index is 1.51. The van der Waals surface area contributed by atoms with Gasteiger partial charge in [0, 0.05) is 0 Å². The van der Waals surface area contributed by atoms with Gasteiger partial charge in [0.2, 0.25) is 0 Å². The van der Waals surface area contributed by atoms with E-state index in [9.17, 15) is 0 Å². The quantitative estimate of drug-likeness (QED) is 0.175. The fourth-order valence-corrected chi connectivity index (χ4v) is 59.6. The molecule has 0 radical (unpaired) electrons. The molecule has 0 unspecified atom stereocenters. The summed E-state index contributed by atoms with van der Waals surface area (Å²) < 4.78 is 25.2. The van der Waals surface area contributed by atoms with Crippen LogP contribution in [0, 0.1) is 0 Å². The van der Waals surface area contributed by atoms with Crippen molar-refractivity contribution >= 4 is 83.6 Å². The van der Waals surface area contributed by atoms with Crippen molar-refractivity contribution in [1.29, 1.82) is 0 Å². The number of benzene rings is 7. The van der Waals surface area contributed by atoms with Crippen molar-refractivity contribution in [3.05, 3.63) is 212 Å². The molecule has 0 bridgehead atoms. The Kier molecular flexibility index (Phi) is 10.6. The fourth-order valence-electron chi connectivity index (χ4n) is 6.28. The third-order valence-electron chi connectivity index (χ3n) is 8.49. The van der Waals surface area contributed by atoms with Crippen LogP contribution in [0.15, 0.2) is 212 Å². The molecule has 0 saturated carbocycles. The zero-order valence-corrected chi connectivity index (χ0v) is 34.2. The number of hydrogen-bond acceptors (Lipinski definition) is 2. The van der Waals surface area contributed by atoms with E-state index < -0.39 is 58.6 Å². The third-order valence-corrected chi connectivity index (χ3v) is 49.5. The molecular weight excluding hydrogens is 896 g/mol. The second-order valence-corrected chi connectivity index (χ2v) is 40.0. The average Bonchev–Trinajstić information content (AvgIpc) is 3.18. The molecule has 2 nitrogen and oxygen atoms in total. The van der Waals surface area contributed by atoms with Crippen molar-refractivity contribution in [3.8, 4) is 0 Å². The van der Waals surface area contributed by atoms with Crippen LogP contribution >= 0.6 is 0 Å². The molecule has 7 rings (SSSR count). The Morgan fingerprint density at radius 2 is 0.447 bits per heavy atom. The van der Waals surface area contributed by atoms with Crippen molar-refractivity contribution in [3.63, 3.8) is 0 Å². The van der Waals surface area contributed by atoms with E-state index in [1.165, 1.54) is 25.0 Å². The van der Waals surface area contributed by atoms with E-state index in [0.717, 1.165) is 0 Å². The van der Waals surface area contributed by atoms with Crippen molar-refractivity contribution in [2.45, 2.75) is 0 Å². The first-order chi connectivity index (χ1) is 23.3. The van der Waals surface area contributed by atoms with Crippen LogP contribution in [-0.2, 0) is 2.71 Å². The Morgan fingerprint density at radius 1 is 0.255 bits per heavy atom. The van der Waals surface area contributed by atoms with E-state index in [2.05, 4.69) is 212 Å². The van der Waals surface area contributed by atoms with Gasteiger partial charge in [-0.2, -0.15) is 0 Å². The second kappa shape index (κ2) is 15.4. The van der Waals surface area contributed by atoms with Gasteiger partial charge in [-0.25, -0.2) is 0 Å². The molecule has 0 amide bonds. The summed E-state index contributed by atoms with van der Waals surface area (Å²) in [5.74, 6) is 0. The second-order valence-electron chi connectivity index (χ2n) is 11.3. The summed E-state index contributed by atoms with van der Waals surface area (Å²) in [5, 5.41) is 0. The molecule has 7 aromatic rings. The monoisotopic (exact) mass is 932 g/mol. The van der Waals surface area contributed by atoms with Crippen LogP contribution in [0.2, 0.25) is 0 Å². The topological polar surface area (TPSA) is 18.5 Å². The van der Waals surface area contributed by atoms with E-state index in [4.69, 9.17) is 2.71 Å². The van der Waals surface area contributed by atoms with Crippen molar-refractivity contribution < 1.29 is 2.71 Å². The summed E-state index contributed by atoms with van der Waals surface area (Å²) in [5.41, 5.74) is 0. The molecule has 0 aliphatic carbocycles. The van der Waals surface area contributed by atoms with Gasteiger partial charge in [-0.3, -0.25) is 0 Å². The van der Waals surface area contributed by atoms with E-state index in [1.54, 1.807) is 0 Å². The van der Waals surface area contributed by atoms with Gasteiger partial charge in [-0.1, -0.05) is 0 Å². The van der Waals surface area contributed by atoms with Gasteiger partial charge in [0.25, 0.3) is 0 Å². The zero-order chi connectivity index (χ0) is 31.8. The average molecular weight is 931 g/mol. The Labute approximate surface area is 295 Å². The standard InChI is InChI=1S/7C6H5.2O.Sb.2Sn/c7*1-2-4-6-5-3-1;;;;;/h7*1-5H;;;;;. The summed E-state index contributed by atoms with van der Waals surface area (Å²) in [6, 6.07) is 76.7. The first kappa shape index (κ1) is 32.4. The van der Waals surface area contributed by atoms with E-state index in [1.807, 2.05) is 0 Å². The van der Waals surface area contributed by atoms with Crippen LogP contribution in [0.4, 0.5) is 0 Å². The Morgan fingerprint density at radius 3 is 0.660 bits per heavy atom. The van der Waals surface area contributed by atoms with Crippen molar-refractivity contribution in [2.24, 2.45) is 0 Å². The predicted octanol–water partition coefficient (Wildman–Crippen LogP) is 4.75. The minimum atomic E-state index is -4.20. The molecule has 228 valence electrons. The molecule has 0 aromatic heterocycles. The molecule has 7 aromatic carbocycles. The minimum absolute atomic E-state index is 1.20. The maximum atomic E-state index is 8.13. The molecule has 0 atom stereocenters. The summed E-state index contributed by atoms with van der Waals surface area (Å²) >= 11 is -11.7. The molecule has 0 fully saturated rings. The maximum absolute atomic E-state index is 8.13. The van der Waals surface area contributed by atoms with E-state index in [-0.39, 0.29) is 0 Å². The summed E-state index contributed by atoms with van der Waals surface area (Å²) in [4.78, 5) is 0. The summed E-state index contributed by atoms with van der Waals surface area (Å²) in [7, 11) is 0. The third kappa shape index (κ3) is 6.77. The van der Waals surface area contributed by atoms with Crippen molar-refractivity contribution in [2.75, 3.05) is 0 Å². The first-order valence-electron chi connectivity index (χ1n) is 15.9. The van der Waals surface area contributed by atoms with Crippen LogP contribution in [0.3, 0.4) is 0 Å². The van der Waals surface area contributed by atoms with E-state index in [0.29, 0.717) is 0 Å². The zero-order valence-electron chi connectivity index (χ0n) is 26.0. The SMILES string of the molecule is c1cc[c]([Sb]([O][Sn]([c]2ccccc2)([c]2ccccc2)[c]2ccccc2)[O][Sn]([c]2ccccc2)([c]2ccccc2)[c]2ccccc2)cc1. The van der Waals surface area contributed by atoms with Gasteiger partial charge in [-0.05, 0) is 0 Å². The molecule has 0 saturated heterocycles. The molecule has 0 aliphatic rings. The van der Waals surface area contributed by atoms with Crippen LogP contribution in [-0.4, -0.2) is 58.6 Å². The summed E-state index contributed by atoms with van der Waals surface area (Å²) in [6.45, 7) is 0. The summed E-state index contributed by atoms with van der Waals surface area (Å²) in [6.07, 6.45) is 0. The van der Waals surface area contributed by atoms with Crippen LogP contribution < -0.4 is 25.0 Å². The predicted molar refractivity (Wildman–Crippen MR) is 202 cm³/mol. The van der Waals surface area contributed by atoms with Gasteiger partial charge in [0.15, 0.2) is 0 Å². The van der Waals surface area contributed by atoms with Gasteiger partial charge in [0.05, 0.1) is 0 Å². The molecule has 0 aliphatic heterocycles. The van der Waals surface area contributed by atoms with Crippen LogP contribution in [0.1, 0.15) is 0 Å². The van der Waals surface area contributed by atoms with Gasteiger partial charge in [-0.15, -0.1) is 0 Å². The number of hydrogen-bond donors (Lipinski definition) is 0. The molecule has 5 heteroatoms. The van der Waals surface area contributed by atoms with Gasteiger partial charge < -0.3 is 0 Å². The van der Waals surface area contributed by atoms with Crippen LogP contribution in [0.25, 0.3) is 0 Å². The normalized spacial score (nSPS) is 11.8. The molecule has 0 spiro atoms. The molecular formula is C42H35O2SbSn2. The molecule has 47 heavy (non-hydrogen) atoms. The van der Waals surface area contributed by atoms with Gasteiger partial charge in [0.1, 0.15) is 0 Å². The van der Waals surface area contributed by atoms with Gasteiger partial charge >= 0.3 is 299 Å². The fraction of sp³-hybridized carbons (Fsp3) is 0. The Bertz CT molecular complexity index is 1640. The van der Waals surface area contributed by atoms with Crippen LogP contribution in [0.5, 0.6) is 0 Å². The first-order valence-corrected chi connectivity index (χ1v) is 30.1. The van der Waals surface area contributed by atoms with Crippen molar-refractivity contribution in [1.82, 2.24) is 0 Å². The Hall–Kier alpha value is -3.12.